The molecule has 0 unspecified atom stereocenters. The molecule has 1 aromatic heterocycles. The van der Waals surface area contributed by atoms with Gasteiger partial charge >= 0.3 is 0 Å². The highest BCUT2D eigenvalue weighted by Crippen LogP contribution is 2.14. The predicted octanol–water partition coefficient (Wildman–Crippen LogP) is 4.29. The van der Waals surface area contributed by atoms with Crippen LogP contribution in [-0.2, 0) is 13.1 Å². The van der Waals surface area contributed by atoms with Crippen molar-refractivity contribution in [3.05, 3.63) is 59.7 Å². The van der Waals surface area contributed by atoms with Gasteiger partial charge in [-0.3, -0.25) is 4.90 Å². The lowest BCUT2D eigenvalue weighted by molar-refractivity contribution is 0.101. The topological polar surface area (TPSA) is 28.4 Å². The Balaban J connectivity index is 2.08. The zero-order chi connectivity index (χ0) is 18.2. The first-order chi connectivity index (χ1) is 12.0. The van der Waals surface area contributed by atoms with Crippen LogP contribution in [0.5, 0.6) is 0 Å². The van der Waals surface area contributed by atoms with Crippen molar-refractivity contribution in [2.24, 2.45) is 5.92 Å². The molecule has 4 heteroatoms. The Bertz CT molecular complexity index is 638. The molecule has 2 aromatic rings. The number of aliphatic hydroxyl groups excluding tert-OH is 1. The van der Waals surface area contributed by atoms with E-state index < -0.39 is 0 Å². The summed E-state index contributed by atoms with van der Waals surface area (Å²) in [6.45, 7) is 9.37. The molecule has 0 aliphatic carbocycles. The molecule has 0 spiro atoms. The largest absolute Gasteiger partial charge is 0.392 e. The van der Waals surface area contributed by atoms with E-state index in [0.29, 0.717) is 24.6 Å². The van der Waals surface area contributed by atoms with Gasteiger partial charge in [-0.2, -0.15) is 0 Å². The fourth-order valence-electron chi connectivity index (χ4n) is 2.89. The number of aliphatic hydroxyl groups is 1. The highest BCUT2D eigenvalue weighted by atomic mass is 19.1. The molecule has 1 atom stereocenters. The number of benzene rings is 1. The number of halogens is 1. The molecule has 3 nitrogen and oxygen atoms in total. The van der Waals surface area contributed by atoms with Crippen LogP contribution in [-0.4, -0.2) is 33.8 Å². The summed E-state index contributed by atoms with van der Waals surface area (Å²) in [6, 6.07) is 11.0. The summed E-state index contributed by atoms with van der Waals surface area (Å²) in [5.74, 6) is 0.465. The van der Waals surface area contributed by atoms with Gasteiger partial charge in [0.15, 0.2) is 0 Å². The maximum Gasteiger partial charge on any atom is 0.128 e. The molecule has 1 heterocycles. The predicted molar refractivity (Wildman–Crippen MR) is 101 cm³/mol. The van der Waals surface area contributed by atoms with Crippen LogP contribution in [0, 0.1) is 11.7 Å². The first-order valence-corrected chi connectivity index (χ1v) is 9.27. The van der Waals surface area contributed by atoms with Crippen LogP contribution in [0.4, 0.5) is 4.39 Å². The Morgan fingerprint density at radius 3 is 2.60 bits per heavy atom. The number of rotatable bonds is 10. The molecule has 0 radical (unpaired) electrons. The normalized spacial score (nSPS) is 12.9. The second-order valence-corrected chi connectivity index (χ2v) is 7.20. The summed E-state index contributed by atoms with van der Waals surface area (Å²) < 4.78 is 16.0. The number of nitrogens with zero attached hydrogens (tertiary/aromatic N) is 2. The average molecular weight is 346 g/mol. The minimum atomic E-state index is -0.304. The lowest BCUT2D eigenvalue weighted by Gasteiger charge is -2.26. The molecule has 0 bridgehead atoms. The Kier molecular flexibility index (Phi) is 7.66. The highest BCUT2D eigenvalue weighted by Gasteiger charge is 2.14. The molecule has 0 amide bonds. The monoisotopic (exact) mass is 346 g/mol. The van der Waals surface area contributed by atoms with Gasteiger partial charge in [-0.25, -0.2) is 4.39 Å². The van der Waals surface area contributed by atoms with Crippen molar-refractivity contribution in [2.75, 3.05) is 13.1 Å². The fraction of sp³-hybridized carbons (Fsp3) is 0.524. The molecular weight excluding hydrogens is 315 g/mol. The Morgan fingerprint density at radius 1 is 1.16 bits per heavy atom. The van der Waals surface area contributed by atoms with E-state index in [1.165, 1.54) is 6.07 Å². The summed E-state index contributed by atoms with van der Waals surface area (Å²) in [5, 5.41) is 10.1. The van der Waals surface area contributed by atoms with E-state index in [4.69, 9.17) is 0 Å². The zero-order valence-corrected chi connectivity index (χ0v) is 15.7. The Hall–Kier alpha value is -1.65. The number of hydrogen-bond donors (Lipinski definition) is 1. The third kappa shape index (κ3) is 6.29. The van der Waals surface area contributed by atoms with Gasteiger partial charge < -0.3 is 9.67 Å². The third-order valence-corrected chi connectivity index (χ3v) is 4.57. The molecule has 0 fully saturated rings. The van der Waals surface area contributed by atoms with Gasteiger partial charge in [0.25, 0.3) is 0 Å². The molecule has 25 heavy (non-hydrogen) atoms. The van der Waals surface area contributed by atoms with Gasteiger partial charge in [-0.1, -0.05) is 39.0 Å². The summed E-state index contributed by atoms with van der Waals surface area (Å²) in [6.07, 6.45) is 3.56. The van der Waals surface area contributed by atoms with Crippen LogP contribution >= 0.6 is 0 Å². The summed E-state index contributed by atoms with van der Waals surface area (Å²) in [4.78, 5) is 2.31. The minimum Gasteiger partial charge on any atom is -0.392 e. The van der Waals surface area contributed by atoms with E-state index in [1.807, 2.05) is 31.3 Å². The van der Waals surface area contributed by atoms with Crippen molar-refractivity contribution >= 4 is 0 Å². The smallest absolute Gasteiger partial charge is 0.128 e. The lowest BCUT2D eigenvalue weighted by atomic mass is 10.1. The van der Waals surface area contributed by atoms with E-state index in [9.17, 15) is 9.50 Å². The van der Waals surface area contributed by atoms with E-state index in [1.54, 1.807) is 6.07 Å². The van der Waals surface area contributed by atoms with Crippen molar-refractivity contribution in [2.45, 2.75) is 52.8 Å². The Labute approximate surface area is 151 Å². The van der Waals surface area contributed by atoms with Crippen LogP contribution in [0.2, 0.25) is 0 Å². The van der Waals surface area contributed by atoms with Crippen molar-refractivity contribution in [1.29, 1.82) is 0 Å². The van der Waals surface area contributed by atoms with E-state index in [2.05, 4.69) is 29.4 Å². The van der Waals surface area contributed by atoms with Crippen LogP contribution in [0.25, 0.3) is 0 Å². The second-order valence-electron chi connectivity index (χ2n) is 7.20. The van der Waals surface area contributed by atoms with Crippen molar-refractivity contribution in [1.82, 2.24) is 9.47 Å². The van der Waals surface area contributed by atoms with Gasteiger partial charge in [0.1, 0.15) is 5.82 Å². The van der Waals surface area contributed by atoms with Crippen LogP contribution < -0.4 is 0 Å². The van der Waals surface area contributed by atoms with E-state index in [0.717, 1.165) is 31.6 Å². The van der Waals surface area contributed by atoms with Gasteiger partial charge in [0.05, 0.1) is 12.6 Å². The molecule has 0 aliphatic rings. The molecule has 2 rings (SSSR count). The maximum absolute atomic E-state index is 13.9. The van der Waals surface area contributed by atoms with Crippen molar-refractivity contribution in [3.8, 4) is 0 Å². The highest BCUT2D eigenvalue weighted by molar-refractivity contribution is 5.19. The van der Waals surface area contributed by atoms with Crippen LogP contribution in [0.15, 0.2) is 42.6 Å². The first kappa shape index (κ1) is 19.7. The molecule has 0 saturated carbocycles. The molecular formula is C21H31FN2O. The number of aromatic nitrogens is 1. The number of hydrogen-bond acceptors (Lipinski definition) is 2. The average Bonchev–Trinajstić information content (AvgIpc) is 3.01. The summed E-state index contributed by atoms with van der Waals surface area (Å²) >= 11 is 0. The van der Waals surface area contributed by atoms with Crippen LogP contribution in [0.3, 0.4) is 0 Å². The van der Waals surface area contributed by atoms with Gasteiger partial charge in [-0.15, -0.1) is 0 Å². The first-order valence-electron chi connectivity index (χ1n) is 9.27. The standard InChI is InChI=1S/C21H31FN2O/c1-4-20(25)16-23(13-11-17(2)3)15-19-9-7-12-24(19)14-18-8-5-6-10-21(18)22/h5-10,12,17,20,25H,4,11,13-16H2,1-3H3/t20-/m0/s1. The Morgan fingerprint density at radius 2 is 1.92 bits per heavy atom. The minimum absolute atomic E-state index is 0.166. The molecule has 0 saturated heterocycles. The van der Waals surface area contributed by atoms with E-state index >= 15 is 0 Å². The quantitative estimate of drug-likeness (QED) is 0.695. The maximum atomic E-state index is 13.9. The fourth-order valence-corrected chi connectivity index (χ4v) is 2.89. The van der Waals surface area contributed by atoms with Crippen molar-refractivity contribution < 1.29 is 9.50 Å². The van der Waals surface area contributed by atoms with Crippen LogP contribution in [0.1, 0.15) is 44.9 Å². The SMILES string of the molecule is CC[C@H](O)CN(CCC(C)C)Cc1cccn1Cc1ccccc1F. The molecule has 138 valence electrons. The summed E-state index contributed by atoms with van der Waals surface area (Å²) in [7, 11) is 0. The van der Waals surface area contributed by atoms with Gasteiger partial charge in [-0.05, 0) is 43.5 Å². The van der Waals surface area contributed by atoms with Gasteiger partial charge in [0, 0.05) is 30.5 Å². The molecule has 1 N–H and O–H groups in total. The molecule has 1 aromatic carbocycles. The van der Waals surface area contributed by atoms with E-state index in [-0.39, 0.29) is 11.9 Å². The summed E-state index contributed by atoms with van der Waals surface area (Å²) in [5.41, 5.74) is 1.84. The van der Waals surface area contributed by atoms with Gasteiger partial charge in [0.2, 0.25) is 0 Å². The second kappa shape index (κ2) is 9.73. The third-order valence-electron chi connectivity index (χ3n) is 4.57. The lowest BCUT2D eigenvalue weighted by Crippen LogP contribution is -2.33. The zero-order valence-electron chi connectivity index (χ0n) is 15.7. The van der Waals surface area contributed by atoms with Crippen molar-refractivity contribution in [3.63, 3.8) is 0 Å². The molecule has 0 aliphatic heterocycles.